The number of hydrogen-bond acceptors (Lipinski definition) is 4. The lowest BCUT2D eigenvalue weighted by Gasteiger charge is -2.29. The van der Waals surface area contributed by atoms with Crippen molar-refractivity contribution in [2.24, 2.45) is 0 Å². The van der Waals surface area contributed by atoms with Gasteiger partial charge >= 0.3 is 0 Å². The fraction of sp³-hybridized carbons (Fsp3) is 1.00. The van der Waals surface area contributed by atoms with Crippen molar-refractivity contribution in [3.05, 3.63) is 0 Å². The molecule has 96 valence electrons. The smallest absolute Gasteiger partial charge is 0.211 e. The number of piperazine rings is 1. The van der Waals surface area contributed by atoms with E-state index in [-0.39, 0.29) is 0 Å². The minimum atomic E-state index is -3.04. The quantitative estimate of drug-likeness (QED) is 0.693. The summed E-state index contributed by atoms with van der Waals surface area (Å²) in [5.74, 6) is 0. The van der Waals surface area contributed by atoms with E-state index in [1.807, 2.05) is 6.92 Å². The van der Waals surface area contributed by atoms with Crippen LogP contribution in [-0.2, 0) is 10.0 Å². The fourth-order valence-electron chi connectivity index (χ4n) is 1.88. The summed E-state index contributed by atoms with van der Waals surface area (Å²) in [5, 5.41) is 3.28. The molecule has 0 amide bonds. The number of rotatable bonds is 6. The van der Waals surface area contributed by atoms with Crippen LogP contribution in [0.4, 0.5) is 0 Å². The van der Waals surface area contributed by atoms with E-state index in [9.17, 15) is 8.42 Å². The zero-order chi connectivity index (χ0) is 12.0. The predicted molar refractivity (Wildman–Crippen MR) is 66.0 cm³/mol. The van der Waals surface area contributed by atoms with Gasteiger partial charge in [0, 0.05) is 45.8 Å². The first-order valence-corrected chi connectivity index (χ1v) is 7.77. The van der Waals surface area contributed by atoms with Crippen LogP contribution in [0.5, 0.6) is 0 Å². The first-order chi connectivity index (χ1) is 7.54. The van der Waals surface area contributed by atoms with Crippen LogP contribution in [0.3, 0.4) is 0 Å². The molecule has 0 spiro atoms. The zero-order valence-electron chi connectivity index (χ0n) is 10.3. The van der Waals surface area contributed by atoms with Crippen LogP contribution in [-0.4, -0.2) is 69.7 Å². The van der Waals surface area contributed by atoms with Crippen molar-refractivity contribution < 1.29 is 8.42 Å². The second kappa shape index (κ2) is 6.54. The standard InChI is InChI=1S/C10H23N3O2S/c1-3-6-13(16(2,14)15)10-9-12-7-4-11-5-8-12/h11H,3-10H2,1-2H3. The van der Waals surface area contributed by atoms with Gasteiger partial charge in [-0.25, -0.2) is 12.7 Å². The van der Waals surface area contributed by atoms with Gasteiger partial charge < -0.3 is 5.32 Å². The van der Waals surface area contributed by atoms with Crippen molar-refractivity contribution in [3.8, 4) is 0 Å². The van der Waals surface area contributed by atoms with E-state index in [1.54, 1.807) is 4.31 Å². The topological polar surface area (TPSA) is 52.6 Å². The molecule has 0 atom stereocenters. The molecule has 1 aliphatic rings. The van der Waals surface area contributed by atoms with Gasteiger partial charge in [0.1, 0.15) is 0 Å². The third kappa shape index (κ3) is 4.78. The Morgan fingerprint density at radius 1 is 1.25 bits per heavy atom. The molecule has 1 fully saturated rings. The Morgan fingerprint density at radius 3 is 2.38 bits per heavy atom. The molecule has 0 aromatic rings. The predicted octanol–water partition coefficient (Wildman–Crippen LogP) is -0.437. The average Bonchev–Trinajstić information content (AvgIpc) is 2.24. The Morgan fingerprint density at radius 2 is 1.88 bits per heavy atom. The van der Waals surface area contributed by atoms with Crippen LogP contribution in [0.25, 0.3) is 0 Å². The Balaban J connectivity index is 2.37. The molecule has 1 heterocycles. The average molecular weight is 249 g/mol. The molecular formula is C10H23N3O2S. The normalized spacial score (nSPS) is 19.2. The van der Waals surface area contributed by atoms with E-state index in [0.717, 1.165) is 39.1 Å². The summed E-state index contributed by atoms with van der Waals surface area (Å²) >= 11 is 0. The minimum Gasteiger partial charge on any atom is -0.314 e. The van der Waals surface area contributed by atoms with Crippen molar-refractivity contribution in [1.29, 1.82) is 0 Å². The lowest BCUT2D eigenvalue weighted by molar-refractivity contribution is 0.223. The van der Waals surface area contributed by atoms with E-state index in [0.29, 0.717) is 13.1 Å². The number of sulfonamides is 1. The molecule has 0 aliphatic carbocycles. The van der Waals surface area contributed by atoms with Crippen LogP contribution < -0.4 is 5.32 Å². The van der Waals surface area contributed by atoms with Gasteiger partial charge in [-0.2, -0.15) is 0 Å². The van der Waals surface area contributed by atoms with Crippen LogP contribution in [0.2, 0.25) is 0 Å². The largest absolute Gasteiger partial charge is 0.314 e. The highest BCUT2D eigenvalue weighted by Gasteiger charge is 2.17. The maximum atomic E-state index is 11.5. The Kier molecular flexibility index (Phi) is 5.68. The Bertz CT molecular complexity index is 286. The molecule has 0 aromatic carbocycles. The lowest BCUT2D eigenvalue weighted by Crippen LogP contribution is -2.47. The minimum absolute atomic E-state index is 0.618. The van der Waals surface area contributed by atoms with E-state index >= 15 is 0 Å². The van der Waals surface area contributed by atoms with Gasteiger partial charge in [-0.15, -0.1) is 0 Å². The SMILES string of the molecule is CCCN(CCN1CCNCC1)S(C)(=O)=O. The Labute approximate surface area is 98.8 Å². The second-order valence-electron chi connectivity index (χ2n) is 4.25. The molecule has 5 nitrogen and oxygen atoms in total. The van der Waals surface area contributed by atoms with Crippen molar-refractivity contribution in [2.45, 2.75) is 13.3 Å². The maximum absolute atomic E-state index is 11.5. The summed E-state index contributed by atoms with van der Waals surface area (Å²) in [6.45, 7) is 8.14. The van der Waals surface area contributed by atoms with Gasteiger partial charge in [-0.3, -0.25) is 4.90 Å². The third-order valence-electron chi connectivity index (χ3n) is 2.82. The van der Waals surface area contributed by atoms with E-state index < -0.39 is 10.0 Å². The fourth-order valence-corrected chi connectivity index (χ4v) is 2.81. The van der Waals surface area contributed by atoms with Crippen LogP contribution in [0, 0.1) is 0 Å². The van der Waals surface area contributed by atoms with E-state index in [4.69, 9.17) is 0 Å². The summed E-state index contributed by atoms with van der Waals surface area (Å²) in [5.41, 5.74) is 0. The molecule has 0 radical (unpaired) electrons. The molecular weight excluding hydrogens is 226 g/mol. The number of hydrogen-bond donors (Lipinski definition) is 1. The summed E-state index contributed by atoms with van der Waals surface area (Å²) in [7, 11) is -3.04. The van der Waals surface area contributed by atoms with Crippen LogP contribution in [0.15, 0.2) is 0 Å². The first kappa shape index (κ1) is 13.9. The Hall–Kier alpha value is -0.170. The molecule has 16 heavy (non-hydrogen) atoms. The van der Waals surface area contributed by atoms with Crippen molar-refractivity contribution in [1.82, 2.24) is 14.5 Å². The molecule has 1 aliphatic heterocycles. The molecule has 6 heteroatoms. The van der Waals surface area contributed by atoms with E-state index in [1.165, 1.54) is 6.26 Å². The summed E-state index contributed by atoms with van der Waals surface area (Å²) in [4.78, 5) is 2.31. The third-order valence-corrected chi connectivity index (χ3v) is 4.12. The lowest BCUT2D eigenvalue weighted by atomic mass is 10.3. The van der Waals surface area contributed by atoms with Gasteiger partial charge in [0.05, 0.1) is 6.26 Å². The second-order valence-corrected chi connectivity index (χ2v) is 6.24. The number of nitrogens with one attached hydrogen (secondary N) is 1. The first-order valence-electron chi connectivity index (χ1n) is 5.92. The monoisotopic (exact) mass is 249 g/mol. The summed E-state index contributed by atoms with van der Waals surface area (Å²) < 4.78 is 24.6. The highest BCUT2D eigenvalue weighted by Crippen LogP contribution is 2.01. The van der Waals surface area contributed by atoms with Gasteiger partial charge in [-0.05, 0) is 6.42 Å². The molecule has 0 aromatic heterocycles. The molecule has 0 unspecified atom stereocenters. The van der Waals surface area contributed by atoms with Gasteiger partial charge in [0.15, 0.2) is 0 Å². The molecule has 1 saturated heterocycles. The van der Waals surface area contributed by atoms with E-state index in [2.05, 4.69) is 10.2 Å². The zero-order valence-corrected chi connectivity index (χ0v) is 11.1. The molecule has 1 N–H and O–H groups in total. The molecule has 0 bridgehead atoms. The van der Waals surface area contributed by atoms with Gasteiger partial charge in [0.25, 0.3) is 0 Å². The van der Waals surface area contributed by atoms with Crippen LogP contribution in [0.1, 0.15) is 13.3 Å². The summed E-state index contributed by atoms with van der Waals surface area (Å²) in [6.07, 6.45) is 2.16. The maximum Gasteiger partial charge on any atom is 0.211 e. The number of nitrogens with zero attached hydrogens (tertiary/aromatic N) is 2. The summed E-state index contributed by atoms with van der Waals surface area (Å²) in [6, 6.07) is 0. The van der Waals surface area contributed by atoms with Crippen molar-refractivity contribution in [2.75, 3.05) is 52.1 Å². The highest BCUT2D eigenvalue weighted by atomic mass is 32.2. The van der Waals surface area contributed by atoms with Gasteiger partial charge in [-0.1, -0.05) is 6.92 Å². The van der Waals surface area contributed by atoms with Crippen LogP contribution >= 0.6 is 0 Å². The molecule has 0 saturated carbocycles. The van der Waals surface area contributed by atoms with Crippen molar-refractivity contribution >= 4 is 10.0 Å². The molecule has 1 rings (SSSR count). The highest BCUT2D eigenvalue weighted by molar-refractivity contribution is 7.88. The van der Waals surface area contributed by atoms with Gasteiger partial charge in [0.2, 0.25) is 10.0 Å². The van der Waals surface area contributed by atoms with Crippen molar-refractivity contribution in [3.63, 3.8) is 0 Å².